The molecule has 0 aromatic carbocycles. The predicted molar refractivity (Wildman–Crippen MR) is 185 cm³/mol. The molecular weight excluding hydrogens is 670 g/mol. The summed E-state index contributed by atoms with van der Waals surface area (Å²) in [6.45, 7) is 12.7. The van der Waals surface area contributed by atoms with Gasteiger partial charge in [-0.3, -0.25) is 24.0 Å². The lowest BCUT2D eigenvalue weighted by molar-refractivity contribution is -0.148. The number of rotatable bonds is 30. The lowest BCUT2D eigenvalue weighted by atomic mass is 9.92. The smallest absolute Gasteiger partial charge is 0.308 e. The van der Waals surface area contributed by atoms with Crippen molar-refractivity contribution >= 4 is 29.8 Å². The zero-order valence-electron chi connectivity index (χ0n) is 31.8. The number of carbonyl (C=O) groups excluding carboxylic acids is 5. The predicted octanol–water partition coefficient (Wildman–Crippen LogP) is 3.18. The van der Waals surface area contributed by atoms with Crippen LogP contribution in [0.15, 0.2) is 0 Å². The van der Waals surface area contributed by atoms with E-state index in [1.165, 1.54) is 7.11 Å². The van der Waals surface area contributed by atoms with Gasteiger partial charge in [-0.05, 0) is 30.6 Å². The lowest BCUT2D eigenvalue weighted by Gasteiger charge is -2.35. The highest BCUT2D eigenvalue weighted by Crippen LogP contribution is 2.26. The highest BCUT2D eigenvalue weighted by Gasteiger charge is 2.35. The molecule has 0 heterocycles. The van der Waals surface area contributed by atoms with Crippen LogP contribution in [0.3, 0.4) is 0 Å². The number of carbonyl (C=O) groups is 5. The van der Waals surface area contributed by atoms with Crippen LogP contribution in [0.25, 0.3) is 0 Å². The van der Waals surface area contributed by atoms with Crippen LogP contribution in [-0.2, 0) is 66.6 Å². The maximum Gasteiger partial charge on any atom is 0.308 e. The molecule has 1 fully saturated rings. The second-order valence-electron chi connectivity index (χ2n) is 14.0. The maximum absolute atomic E-state index is 13.3. The molecule has 0 aromatic heterocycles. The van der Waals surface area contributed by atoms with Crippen LogP contribution in [0.2, 0.25) is 0 Å². The van der Waals surface area contributed by atoms with Crippen molar-refractivity contribution in [3.63, 3.8) is 0 Å². The number of hydrogen-bond acceptors (Lipinski definition) is 14. The second-order valence-corrected chi connectivity index (χ2v) is 14.0. The van der Waals surface area contributed by atoms with Crippen molar-refractivity contribution in [1.29, 1.82) is 0 Å². The summed E-state index contributed by atoms with van der Waals surface area (Å²) >= 11 is 0. The van der Waals surface area contributed by atoms with Crippen molar-refractivity contribution in [3.8, 4) is 0 Å². The molecule has 1 rings (SSSR count). The average molecular weight is 734 g/mol. The molecule has 15 heteroatoms. The monoisotopic (exact) mass is 733 g/mol. The summed E-state index contributed by atoms with van der Waals surface area (Å²) in [6.07, 6.45) is 1.45. The largest absolute Gasteiger partial charge is 0.469 e. The van der Waals surface area contributed by atoms with Gasteiger partial charge < -0.3 is 47.9 Å². The highest BCUT2D eigenvalue weighted by molar-refractivity contribution is 5.77. The third-order valence-electron chi connectivity index (χ3n) is 7.25. The van der Waals surface area contributed by atoms with Gasteiger partial charge in [0, 0.05) is 6.42 Å². The number of ether oxygens (including phenoxy) is 9. The van der Waals surface area contributed by atoms with E-state index >= 15 is 0 Å². The topological polar surface area (TPSA) is 180 Å². The van der Waals surface area contributed by atoms with Crippen LogP contribution < -0.4 is 5.32 Å². The molecule has 296 valence electrons. The molecule has 0 atom stereocenters. The Labute approximate surface area is 303 Å². The Hall–Kier alpha value is -2.85. The van der Waals surface area contributed by atoms with Gasteiger partial charge in [-0.15, -0.1) is 0 Å². The summed E-state index contributed by atoms with van der Waals surface area (Å²) in [4.78, 5) is 61.0. The summed E-state index contributed by atoms with van der Waals surface area (Å²) in [5.74, 6) is -1.34. The minimum atomic E-state index is -1.24. The Morgan fingerprint density at radius 1 is 0.549 bits per heavy atom. The number of methoxy groups -OCH3 is 1. The molecule has 0 spiro atoms. The van der Waals surface area contributed by atoms with E-state index in [-0.39, 0.29) is 127 Å². The first-order valence-corrected chi connectivity index (χ1v) is 18.0. The van der Waals surface area contributed by atoms with Gasteiger partial charge in [0.25, 0.3) is 0 Å². The first-order valence-electron chi connectivity index (χ1n) is 18.0. The Bertz CT molecular complexity index is 933. The highest BCUT2D eigenvalue weighted by atomic mass is 16.6. The number of nitrogens with one attached hydrogen (secondary N) is 1. The van der Waals surface area contributed by atoms with Crippen LogP contribution in [0.4, 0.5) is 0 Å². The van der Waals surface area contributed by atoms with E-state index in [0.29, 0.717) is 32.7 Å². The normalized spacial score (nSPS) is 15.8. The minimum Gasteiger partial charge on any atom is -0.469 e. The van der Waals surface area contributed by atoms with Gasteiger partial charge in [-0.25, -0.2) is 0 Å². The van der Waals surface area contributed by atoms with E-state index in [0.717, 1.165) is 0 Å². The van der Waals surface area contributed by atoms with E-state index in [2.05, 4.69) is 10.1 Å². The first-order chi connectivity index (χ1) is 24.2. The molecule has 51 heavy (non-hydrogen) atoms. The quantitative estimate of drug-likeness (QED) is 0.0646. The van der Waals surface area contributed by atoms with E-state index in [4.69, 9.17) is 37.9 Å². The molecule has 1 amide bonds. The standard InChI is InChI=1S/C36H63NO14/c1-26(2)20-49-33(40)9-13-44-23-36(24-45-14-10-34(41)50-21-27(3)4,25-46-15-11-35(42)51-22-28(5)6)37-31(38)8-16-47-29-18-30(19-29)48-17-12-32(39)43-7/h26-30H,8-25H2,1-7H3,(H,37,38)/t29-,30-. The molecule has 1 aliphatic carbocycles. The van der Waals surface area contributed by atoms with Crippen LogP contribution in [-0.4, -0.2) is 127 Å². The Kier molecular flexibility index (Phi) is 24.3. The zero-order valence-corrected chi connectivity index (χ0v) is 31.8. The van der Waals surface area contributed by atoms with Crippen molar-refractivity contribution in [3.05, 3.63) is 0 Å². The third-order valence-corrected chi connectivity index (χ3v) is 7.25. The van der Waals surface area contributed by atoms with Crippen LogP contribution >= 0.6 is 0 Å². The van der Waals surface area contributed by atoms with Gasteiger partial charge in [0.1, 0.15) is 5.54 Å². The fourth-order valence-corrected chi connectivity index (χ4v) is 4.37. The maximum atomic E-state index is 13.3. The van der Waals surface area contributed by atoms with Crippen LogP contribution in [0.5, 0.6) is 0 Å². The molecule has 0 unspecified atom stereocenters. The van der Waals surface area contributed by atoms with Crippen LogP contribution in [0, 0.1) is 17.8 Å². The first kappa shape index (κ1) is 46.2. The summed E-state index contributed by atoms with van der Waals surface area (Å²) in [5, 5.41) is 2.97. The Balaban J connectivity index is 2.84. The van der Waals surface area contributed by atoms with Crippen molar-refractivity contribution in [2.24, 2.45) is 17.8 Å². The van der Waals surface area contributed by atoms with Crippen molar-refractivity contribution in [2.75, 3.05) is 79.8 Å². The van der Waals surface area contributed by atoms with E-state index < -0.39 is 23.4 Å². The third kappa shape index (κ3) is 24.1. The molecular formula is C36H63NO14. The summed E-state index contributed by atoms with van der Waals surface area (Å²) in [5.41, 5.74) is -1.24. The lowest BCUT2D eigenvalue weighted by Crippen LogP contribution is -2.59. The molecule has 0 aliphatic heterocycles. The summed E-state index contributed by atoms with van der Waals surface area (Å²) in [7, 11) is 1.33. The van der Waals surface area contributed by atoms with E-state index in [9.17, 15) is 24.0 Å². The van der Waals surface area contributed by atoms with Gasteiger partial charge in [0.05, 0.1) is 118 Å². The molecule has 0 bridgehead atoms. The average Bonchev–Trinajstić information content (AvgIpc) is 3.06. The number of esters is 4. The van der Waals surface area contributed by atoms with Crippen molar-refractivity contribution in [1.82, 2.24) is 5.32 Å². The Morgan fingerprint density at radius 2 is 0.902 bits per heavy atom. The van der Waals surface area contributed by atoms with Crippen molar-refractivity contribution in [2.45, 2.75) is 104 Å². The molecule has 0 saturated heterocycles. The van der Waals surface area contributed by atoms with Gasteiger partial charge in [-0.1, -0.05) is 41.5 Å². The summed E-state index contributed by atoms with van der Waals surface area (Å²) in [6, 6.07) is 0. The molecule has 0 aromatic rings. The summed E-state index contributed by atoms with van der Waals surface area (Å²) < 4.78 is 49.4. The fourth-order valence-electron chi connectivity index (χ4n) is 4.37. The zero-order chi connectivity index (χ0) is 38.1. The SMILES string of the molecule is COC(=O)CCO[C@H]1C[C@H](OCCC(=O)NC(COCCC(=O)OCC(C)C)(COCCC(=O)OCC(C)C)COCCC(=O)OCC(C)C)C1. The van der Waals surface area contributed by atoms with Gasteiger partial charge >= 0.3 is 23.9 Å². The molecule has 15 nitrogen and oxygen atoms in total. The fraction of sp³-hybridized carbons (Fsp3) is 0.861. The number of hydrogen-bond donors (Lipinski definition) is 1. The van der Waals surface area contributed by atoms with Gasteiger partial charge in [0.2, 0.25) is 5.91 Å². The Morgan fingerprint density at radius 3 is 1.25 bits per heavy atom. The van der Waals surface area contributed by atoms with Gasteiger partial charge in [-0.2, -0.15) is 0 Å². The second kappa shape index (κ2) is 26.9. The molecule has 1 N–H and O–H groups in total. The van der Waals surface area contributed by atoms with Crippen LogP contribution in [0.1, 0.15) is 86.5 Å². The molecule has 1 saturated carbocycles. The van der Waals surface area contributed by atoms with E-state index in [1.54, 1.807) is 0 Å². The minimum absolute atomic E-state index is 0.00444. The van der Waals surface area contributed by atoms with E-state index in [1.807, 2.05) is 41.5 Å². The van der Waals surface area contributed by atoms with Gasteiger partial charge in [0.15, 0.2) is 0 Å². The van der Waals surface area contributed by atoms with Crippen molar-refractivity contribution < 1.29 is 66.6 Å². The molecule has 1 aliphatic rings. The molecule has 0 radical (unpaired) electrons. The number of amides is 1.